The van der Waals surface area contributed by atoms with Crippen LogP contribution in [0.1, 0.15) is 13.3 Å². The summed E-state index contributed by atoms with van der Waals surface area (Å²) >= 11 is 5.25. The summed E-state index contributed by atoms with van der Waals surface area (Å²) < 4.78 is 31.5. The topological polar surface area (TPSA) is 54.4 Å². The number of halogens is 2. The van der Waals surface area contributed by atoms with Gasteiger partial charge in [0.1, 0.15) is 4.75 Å². The minimum absolute atomic E-state index is 0.321. The molecule has 0 amide bonds. The summed E-state index contributed by atoms with van der Waals surface area (Å²) in [4.78, 5) is 0. The first-order valence-corrected chi connectivity index (χ1v) is 6.77. The van der Waals surface area contributed by atoms with E-state index >= 15 is 0 Å². The van der Waals surface area contributed by atoms with Gasteiger partial charge in [0, 0.05) is 10.9 Å². The van der Waals surface area contributed by atoms with Crippen molar-refractivity contribution < 1.29 is 13.0 Å². The smallest absolute Gasteiger partial charge is 0.274 e. The minimum Gasteiger partial charge on any atom is -0.285 e. The van der Waals surface area contributed by atoms with Crippen LogP contribution in [-0.2, 0) is 10.1 Å². The van der Waals surface area contributed by atoms with Crippen LogP contribution in [0.5, 0.6) is 0 Å². The van der Waals surface area contributed by atoms with Crippen molar-refractivity contribution in [2.75, 3.05) is 0 Å². The van der Waals surface area contributed by atoms with Gasteiger partial charge >= 0.3 is 0 Å². The first-order valence-electron chi connectivity index (χ1n) is 3.46. The van der Waals surface area contributed by atoms with Crippen molar-refractivity contribution in [2.24, 2.45) is 0 Å². The molecular formula is C7H8BrIO3S. The van der Waals surface area contributed by atoms with Gasteiger partial charge in [0.2, 0.25) is 0 Å². The van der Waals surface area contributed by atoms with Gasteiger partial charge in [-0.25, -0.2) is 0 Å². The third kappa shape index (κ3) is 2.54. The lowest BCUT2D eigenvalue weighted by Crippen LogP contribution is -2.34. The van der Waals surface area contributed by atoms with E-state index in [0.29, 0.717) is 10.9 Å². The molecule has 6 heteroatoms. The molecule has 0 aliphatic heterocycles. The molecular weight excluding hydrogens is 371 g/mol. The lowest BCUT2D eigenvalue weighted by molar-refractivity contribution is 0.452. The molecule has 1 rings (SSSR count). The van der Waals surface area contributed by atoms with Gasteiger partial charge in [0.05, 0.1) is 0 Å². The molecule has 0 aromatic carbocycles. The van der Waals surface area contributed by atoms with E-state index in [-0.39, 0.29) is 0 Å². The summed E-state index contributed by atoms with van der Waals surface area (Å²) in [5, 5.41) is 0. The second kappa shape index (κ2) is 3.63. The van der Waals surface area contributed by atoms with Gasteiger partial charge < -0.3 is 0 Å². The molecule has 1 aliphatic carbocycles. The normalized spacial score (nSPS) is 29.5. The van der Waals surface area contributed by atoms with Gasteiger partial charge in [-0.05, 0) is 45.2 Å². The average molecular weight is 379 g/mol. The maximum Gasteiger partial charge on any atom is 0.274 e. The Morgan fingerprint density at radius 2 is 2.23 bits per heavy atom. The lowest BCUT2D eigenvalue weighted by Gasteiger charge is -2.25. The average Bonchev–Trinajstić information content (AvgIpc) is 1.79. The molecule has 0 spiro atoms. The fourth-order valence-corrected chi connectivity index (χ4v) is 4.45. The second-order valence-corrected chi connectivity index (χ2v) is 7.27. The molecule has 0 aromatic rings. The summed E-state index contributed by atoms with van der Waals surface area (Å²) in [6.07, 6.45) is 3.65. The van der Waals surface area contributed by atoms with Crippen LogP contribution in [0.4, 0.5) is 0 Å². The van der Waals surface area contributed by atoms with Gasteiger partial charge in [0.25, 0.3) is 10.1 Å². The molecule has 1 unspecified atom stereocenters. The molecule has 0 fully saturated rings. The lowest BCUT2D eigenvalue weighted by atomic mass is 10.0. The molecule has 1 N–H and O–H groups in total. The van der Waals surface area contributed by atoms with Crippen LogP contribution >= 0.6 is 38.5 Å². The molecule has 3 nitrogen and oxygen atoms in total. The predicted molar refractivity (Wildman–Crippen MR) is 63.7 cm³/mol. The third-order valence-electron chi connectivity index (χ3n) is 1.85. The highest BCUT2D eigenvalue weighted by molar-refractivity contribution is 14.1. The van der Waals surface area contributed by atoms with Gasteiger partial charge in [-0.3, -0.25) is 4.55 Å². The maximum absolute atomic E-state index is 11.1. The fraction of sp³-hybridized carbons (Fsp3) is 0.429. The predicted octanol–water partition coefficient (Wildman–Crippen LogP) is 2.63. The Morgan fingerprint density at radius 1 is 1.69 bits per heavy atom. The van der Waals surface area contributed by atoms with Crippen molar-refractivity contribution in [1.82, 2.24) is 0 Å². The molecule has 0 radical (unpaired) electrons. The molecule has 0 heterocycles. The van der Waals surface area contributed by atoms with Crippen molar-refractivity contribution in [3.8, 4) is 0 Å². The summed E-state index contributed by atoms with van der Waals surface area (Å²) in [6, 6.07) is 0. The van der Waals surface area contributed by atoms with Crippen LogP contribution in [0.25, 0.3) is 0 Å². The Morgan fingerprint density at radius 3 is 2.62 bits per heavy atom. The second-order valence-electron chi connectivity index (χ2n) is 3.08. The van der Waals surface area contributed by atoms with Crippen LogP contribution in [-0.4, -0.2) is 17.7 Å². The van der Waals surface area contributed by atoms with Crippen LogP contribution < -0.4 is 0 Å². The molecule has 1 atom stereocenters. The number of allylic oxidation sites excluding steroid dienone is 3. The first kappa shape index (κ1) is 11.7. The van der Waals surface area contributed by atoms with Gasteiger partial charge in [0.15, 0.2) is 0 Å². The van der Waals surface area contributed by atoms with Crippen molar-refractivity contribution >= 4 is 48.6 Å². The third-order valence-corrected chi connectivity index (χ3v) is 4.44. The molecule has 0 aromatic heterocycles. The standard InChI is InChI=1S/C7H8BrIO3S/c1-7(13(10,11)12)3-5(8)2-6(9)4-7/h2-3H,4H2,1H3,(H,10,11,12). The quantitative estimate of drug-likeness (QED) is 0.563. The van der Waals surface area contributed by atoms with Gasteiger partial charge in [-0.2, -0.15) is 8.42 Å². The monoisotopic (exact) mass is 378 g/mol. The van der Waals surface area contributed by atoms with E-state index in [2.05, 4.69) is 38.5 Å². The molecule has 1 aliphatic rings. The van der Waals surface area contributed by atoms with E-state index in [1.807, 2.05) is 6.08 Å². The Balaban J connectivity index is 3.19. The molecule has 0 saturated heterocycles. The zero-order chi connectivity index (χ0) is 10.3. The van der Waals surface area contributed by atoms with E-state index in [4.69, 9.17) is 4.55 Å². The first-order chi connectivity index (χ1) is 5.74. The van der Waals surface area contributed by atoms with E-state index in [1.54, 1.807) is 0 Å². The highest BCUT2D eigenvalue weighted by atomic mass is 127. The Hall–Kier alpha value is 0.600. The van der Waals surface area contributed by atoms with Gasteiger partial charge in [-0.1, -0.05) is 15.9 Å². The number of hydrogen-bond acceptors (Lipinski definition) is 2. The SMILES string of the molecule is CC1(S(=O)(=O)O)C=C(Br)C=C(I)C1. The van der Waals surface area contributed by atoms with Gasteiger partial charge in [-0.15, -0.1) is 0 Å². The van der Waals surface area contributed by atoms with Crippen LogP contribution in [0.2, 0.25) is 0 Å². The Labute approximate surface area is 99.3 Å². The molecule has 13 heavy (non-hydrogen) atoms. The Kier molecular flexibility index (Phi) is 3.26. The van der Waals surface area contributed by atoms with Crippen molar-refractivity contribution in [2.45, 2.75) is 18.1 Å². The molecule has 0 saturated carbocycles. The number of hydrogen-bond donors (Lipinski definition) is 1. The number of rotatable bonds is 1. The van der Waals surface area contributed by atoms with Crippen LogP contribution in [0, 0.1) is 0 Å². The van der Waals surface area contributed by atoms with Crippen molar-refractivity contribution in [3.05, 3.63) is 20.2 Å². The zero-order valence-corrected chi connectivity index (χ0v) is 11.3. The Bertz CT molecular complexity index is 385. The van der Waals surface area contributed by atoms with Crippen molar-refractivity contribution in [1.29, 1.82) is 0 Å². The maximum atomic E-state index is 11.1. The summed E-state index contributed by atoms with van der Waals surface area (Å²) in [6.45, 7) is 1.50. The van der Waals surface area contributed by atoms with Crippen molar-refractivity contribution in [3.63, 3.8) is 0 Å². The van der Waals surface area contributed by atoms with Crippen LogP contribution in [0.3, 0.4) is 0 Å². The zero-order valence-electron chi connectivity index (χ0n) is 6.79. The van der Waals surface area contributed by atoms with Crippen LogP contribution in [0.15, 0.2) is 20.2 Å². The van der Waals surface area contributed by atoms with E-state index in [0.717, 1.165) is 3.58 Å². The largest absolute Gasteiger partial charge is 0.285 e. The molecule has 74 valence electrons. The summed E-state index contributed by atoms with van der Waals surface area (Å²) in [5.41, 5.74) is 0. The molecule has 0 bridgehead atoms. The highest BCUT2D eigenvalue weighted by Gasteiger charge is 2.38. The van der Waals surface area contributed by atoms with E-state index in [9.17, 15) is 8.42 Å². The van der Waals surface area contributed by atoms with E-state index in [1.165, 1.54) is 13.0 Å². The summed E-state index contributed by atoms with van der Waals surface area (Å²) in [5.74, 6) is 0. The minimum atomic E-state index is -4.04. The fourth-order valence-electron chi connectivity index (χ4n) is 1.09. The highest BCUT2D eigenvalue weighted by Crippen LogP contribution is 2.36. The summed E-state index contributed by atoms with van der Waals surface area (Å²) in [7, 11) is -4.04. The van der Waals surface area contributed by atoms with E-state index < -0.39 is 14.9 Å².